The predicted octanol–water partition coefficient (Wildman–Crippen LogP) is 0.130. The number of aromatic nitrogens is 2. The molecule has 2 saturated heterocycles. The van der Waals surface area contributed by atoms with Crippen molar-refractivity contribution in [1.29, 1.82) is 0 Å². The van der Waals surface area contributed by atoms with Gasteiger partial charge in [0.2, 0.25) is 0 Å². The quantitative estimate of drug-likeness (QED) is 0.465. The van der Waals surface area contributed by atoms with Crippen LogP contribution in [0.4, 0.5) is 0 Å². The third kappa shape index (κ3) is 5.47. The molecule has 5 heteroatoms. The topological polar surface area (TPSA) is 23.2 Å². The Morgan fingerprint density at radius 3 is 2.08 bits per heavy atom. The maximum atomic E-state index is 4.14. The molecule has 2 aromatic heterocycles. The highest BCUT2D eigenvalue weighted by Crippen LogP contribution is 2.29. The molecule has 0 saturated carbocycles. The lowest BCUT2D eigenvalue weighted by atomic mass is 10.1. The molecular formula is C21H31IN4. The first kappa shape index (κ1) is 21.3. The highest BCUT2D eigenvalue weighted by molar-refractivity contribution is 5.15. The smallest absolute Gasteiger partial charge is 0.173 e. The highest BCUT2D eigenvalue weighted by atomic mass is 127. The second-order valence-electron chi connectivity index (χ2n) is 7.37. The Labute approximate surface area is 175 Å². The zero-order valence-electron chi connectivity index (χ0n) is 16.2. The van der Waals surface area contributed by atoms with E-state index in [9.17, 15) is 0 Å². The molecule has 4 rings (SSSR count). The number of aryl methyl sites for hydroxylation is 1. The molecule has 2 atom stereocenters. The van der Waals surface area contributed by atoms with Crippen LogP contribution in [-0.2, 0) is 7.05 Å². The van der Waals surface area contributed by atoms with Crippen LogP contribution in [0.15, 0.2) is 49.1 Å². The van der Waals surface area contributed by atoms with Gasteiger partial charge in [-0.15, -0.1) is 0 Å². The van der Waals surface area contributed by atoms with Gasteiger partial charge in [0.15, 0.2) is 12.4 Å². The minimum atomic E-state index is 0. The molecule has 0 aliphatic carbocycles. The number of hydrogen-bond acceptors (Lipinski definition) is 3. The normalized spacial score (nSPS) is 23.2. The van der Waals surface area contributed by atoms with E-state index >= 15 is 0 Å². The summed E-state index contributed by atoms with van der Waals surface area (Å²) in [5.41, 5.74) is 2.81. The van der Waals surface area contributed by atoms with Gasteiger partial charge in [0.25, 0.3) is 0 Å². The van der Waals surface area contributed by atoms with Crippen molar-refractivity contribution in [2.24, 2.45) is 7.05 Å². The largest absolute Gasteiger partial charge is 1.00 e. The number of nitrogens with zero attached hydrogens (tertiary/aromatic N) is 4. The van der Waals surface area contributed by atoms with E-state index < -0.39 is 0 Å². The predicted molar refractivity (Wildman–Crippen MR) is 101 cm³/mol. The Morgan fingerprint density at radius 1 is 0.962 bits per heavy atom. The van der Waals surface area contributed by atoms with Crippen LogP contribution in [0.5, 0.6) is 0 Å². The minimum absolute atomic E-state index is 0. The van der Waals surface area contributed by atoms with Crippen molar-refractivity contribution in [2.75, 3.05) is 27.2 Å². The summed E-state index contributed by atoms with van der Waals surface area (Å²) in [6.45, 7) is 2.46. The van der Waals surface area contributed by atoms with Gasteiger partial charge < -0.3 is 24.0 Å². The third-order valence-corrected chi connectivity index (χ3v) is 5.46. The van der Waals surface area contributed by atoms with E-state index in [0.29, 0.717) is 12.1 Å². The van der Waals surface area contributed by atoms with Crippen molar-refractivity contribution in [1.82, 2.24) is 14.8 Å². The first-order chi connectivity index (χ1) is 12.1. The fourth-order valence-corrected chi connectivity index (χ4v) is 4.04. The summed E-state index contributed by atoms with van der Waals surface area (Å²) in [5, 5.41) is 0. The summed E-state index contributed by atoms with van der Waals surface area (Å²) in [4.78, 5) is 8.98. The van der Waals surface area contributed by atoms with Gasteiger partial charge in [0, 0.05) is 36.1 Å². The maximum absolute atomic E-state index is 4.14. The Balaban J connectivity index is 0.000000180. The van der Waals surface area contributed by atoms with E-state index in [1.807, 2.05) is 18.5 Å². The molecule has 2 fully saturated rings. The van der Waals surface area contributed by atoms with Crippen LogP contribution in [0.2, 0.25) is 0 Å². The van der Waals surface area contributed by atoms with Gasteiger partial charge in [-0.2, -0.15) is 0 Å². The minimum Gasteiger partial charge on any atom is -1.00 e. The van der Waals surface area contributed by atoms with Gasteiger partial charge in [-0.1, -0.05) is 6.07 Å². The standard InChI is InChI=1S/C11H17N2.C10H14N2.HI/c1-12-7-3-5-10(9-12)11-6-4-8-13(11)2;1-12-7-3-5-10(12)9-4-2-6-11-8-9;/h3,5,7,9,11H,4,6,8H2,1-2H3;2,4,6,8,10H,3,5,7H2,1H3;1H/q+1;;/p-1. The Kier molecular flexibility index (Phi) is 8.44. The van der Waals surface area contributed by atoms with Gasteiger partial charge in [-0.05, 0) is 70.6 Å². The van der Waals surface area contributed by atoms with E-state index in [1.54, 1.807) is 0 Å². The molecule has 26 heavy (non-hydrogen) atoms. The number of pyridine rings is 2. The molecule has 2 aliphatic rings. The zero-order valence-corrected chi connectivity index (χ0v) is 18.3. The monoisotopic (exact) mass is 466 g/mol. The van der Waals surface area contributed by atoms with Crippen LogP contribution >= 0.6 is 0 Å². The lowest BCUT2D eigenvalue weighted by Gasteiger charge is -2.18. The summed E-state index contributed by atoms with van der Waals surface area (Å²) < 4.78 is 2.13. The molecular weight excluding hydrogens is 435 g/mol. The van der Waals surface area contributed by atoms with Crippen molar-refractivity contribution in [3.05, 3.63) is 60.2 Å². The molecule has 2 unspecified atom stereocenters. The first-order valence-electron chi connectivity index (χ1n) is 9.41. The second-order valence-corrected chi connectivity index (χ2v) is 7.37. The second kappa shape index (κ2) is 10.3. The van der Waals surface area contributed by atoms with Crippen molar-refractivity contribution < 1.29 is 28.5 Å². The first-order valence-corrected chi connectivity index (χ1v) is 9.41. The highest BCUT2D eigenvalue weighted by Gasteiger charge is 2.24. The summed E-state index contributed by atoms with van der Waals surface area (Å²) >= 11 is 0. The van der Waals surface area contributed by atoms with E-state index in [1.165, 1.54) is 49.9 Å². The van der Waals surface area contributed by atoms with Gasteiger partial charge in [0.1, 0.15) is 7.05 Å². The number of likely N-dealkylation sites (tertiary alicyclic amines) is 2. The molecule has 4 nitrogen and oxygen atoms in total. The van der Waals surface area contributed by atoms with Crippen molar-refractivity contribution in [2.45, 2.75) is 37.8 Å². The van der Waals surface area contributed by atoms with Gasteiger partial charge in [-0.25, -0.2) is 4.57 Å². The molecule has 0 N–H and O–H groups in total. The van der Waals surface area contributed by atoms with Crippen molar-refractivity contribution in [3.8, 4) is 0 Å². The van der Waals surface area contributed by atoms with Crippen LogP contribution < -0.4 is 28.5 Å². The number of rotatable bonds is 2. The molecule has 0 aromatic carbocycles. The number of hydrogen-bond donors (Lipinski definition) is 0. The number of halogens is 1. The zero-order chi connectivity index (χ0) is 17.6. The molecule has 4 heterocycles. The fourth-order valence-electron chi connectivity index (χ4n) is 4.04. The van der Waals surface area contributed by atoms with Crippen molar-refractivity contribution >= 4 is 0 Å². The summed E-state index contributed by atoms with van der Waals surface area (Å²) in [5.74, 6) is 0. The maximum Gasteiger partial charge on any atom is 0.173 e. The lowest BCUT2D eigenvalue weighted by Crippen LogP contribution is -3.00. The van der Waals surface area contributed by atoms with Crippen LogP contribution in [0, 0.1) is 0 Å². The Hall–Kier alpha value is -1.05. The van der Waals surface area contributed by atoms with Crippen LogP contribution in [-0.4, -0.2) is 42.0 Å². The van der Waals surface area contributed by atoms with E-state index in [4.69, 9.17) is 0 Å². The van der Waals surface area contributed by atoms with Crippen LogP contribution in [0.1, 0.15) is 48.9 Å². The average molecular weight is 466 g/mol. The summed E-state index contributed by atoms with van der Waals surface area (Å²) in [6.07, 6.45) is 13.4. The van der Waals surface area contributed by atoms with E-state index in [-0.39, 0.29) is 24.0 Å². The van der Waals surface area contributed by atoms with E-state index in [0.717, 1.165) is 0 Å². The van der Waals surface area contributed by atoms with Crippen molar-refractivity contribution in [3.63, 3.8) is 0 Å². The Bertz CT molecular complexity index is 664. The SMILES string of the molecule is CN1CCCC1c1ccc[n+](C)c1.CN1CCCC1c1cccnc1.[I-]. The summed E-state index contributed by atoms with van der Waals surface area (Å²) in [6, 6.07) is 9.79. The molecule has 0 radical (unpaired) electrons. The average Bonchev–Trinajstić information content (AvgIpc) is 3.24. The molecule has 0 bridgehead atoms. The fraction of sp³-hybridized carbons (Fsp3) is 0.524. The van der Waals surface area contributed by atoms with Gasteiger partial charge in [0.05, 0.1) is 0 Å². The van der Waals surface area contributed by atoms with Gasteiger partial charge >= 0.3 is 0 Å². The van der Waals surface area contributed by atoms with Crippen LogP contribution in [0.3, 0.4) is 0 Å². The Morgan fingerprint density at radius 2 is 1.58 bits per heavy atom. The van der Waals surface area contributed by atoms with Crippen LogP contribution in [0.25, 0.3) is 0 Å². The van der Waals surface area contributed by atoms with Gasteiger partial charge in [-0.3, -0.25) is 14.8 Å². The molecule has 0 spiro atoms. The molecule has 142 valence electrons. The molecule has 2 aliphatic heterocycles. The molecule has 2 aromatic rings. The molecule has 0 amide bonds. The lowest BCUT2D eigenvalue weighted by molar-refractivity contribution is -0.672. The third-order valence-electron chi connectivity index (χ3n) is 5.46. The summed E-state index contributed by atoms with van der Waals surface area (Å²) in [7, 11) is 6.48. The van der Waals surface area contributed by atoms with E-state index in [2.05, 4.69) is 71.1 Å².